The molecule has 0 saturated carbocycles. The molecule has 0 fully saturated rings. The van der Waals surface area contributed by atoms with Crippen LogP contribution < -0.4 is 0 Å². The van der Waals surface area contributed by atoms with E-state index < -0.39 is 0 Å². The van der Waals surface area contributed by atoms with E-state index in [1.165, 1.54) is 0 Å². The highest BCUT2D eigenvalue weighted by Gasteiger charge is 2.12. The van der Waals surface area contributed by atoms with Crippen LogP contribution in [0.15, 0.2) is 54.7 Å². The summed E-state index contributed by atoms with van der Waals surface area (Å²) in [5, 5.41) is 1.81. The molecule has 0 amide bonds. The lowest BCUT2D eigenvalue weighted by Gasteiger charge is -2.05. The van der Waals surface area contributed by atoms with Crippen molar-refractivity contribution in [2.24, 2.45) is 0 Å². The second-order valence-corrected chi connectivity index (χ2v) is 5.00. The summed E-state index contributed by atoms with van der Waals surface area (Å²) < 4.78 is 1.58. The largest absolute Gasteiger partial charge is 0.283 e. The molecule has 1 heterocycles. The average Bonchev–Trinajstić information content (AvgIpc) is 2.82. The fraction of sp³-hybridized carbons (Fsp3) is 0. The van der Waals surface area contributed by atoms with Crippen LogP contribution in [0.5, 0.6) is 0 Å². The molecule has 0 radical (unpaired) electrons. The van der Waals surface area contributed by atoms with Gasteiger partial charge in [0.05, 0.1) is 15.6 Å². The monoisotopic (exact) mass is 289 g/mol. The Bertz CT molecular complexity index is 762. The maximum absolute atomic E-state index is 12.4. The number of aromatic nitrogens is 1. The molecule has 0 saturated heterocycles. The van der Waals surface area contributed by atoms with E-state index >= 15 is 0 Å². The van der Waals surface area contributed by atoms with Crippen molar-refractivity contribution < 1.29 is 4.79 Å². The van der Waals surface area contributed by atoms with Crippen LogP contribution in [-0.4, -0.2) is 10.5 Å². The molecule has 0 spiro atoms. The first-order valence-electron chi connectivity index (χ1n) is 5.72. The Labute approximate surface area is 120 Å². The molecule has 0 bridgehead atoms. The minimum atomic E-state index is -0.0889. The lowest BCUT2D eigenvalue weighted by molar-refractivity contribution is 0.0965. The molecule has 0 unspecified atom stereocenters. The van der Waals surface area contributed by atoms with E-state index in [0.717, 1.165) is 10.9 Å². The minimum absolute atomic E-state index is 0.0889. The predicted octanol–water partition coefficient (Wildman–Crippen LogP) is 4.64. The Kier molecular flexibility index (Phi) is 3.05. The molecule has 0 N–H and O–H groups in total. The van der Waals surface area contributed by atoms with Gasteiger partial charge in [-0.1, -0.05) is 41.4 Å². The van der Waals surface area contributed by atoms with Gasteiger partial charge in [-0.25, -0.2) is 0 Å². The summed E-state index contributed by atoms with van der Waals surface area (Å²) in [6.45, 7) is 0. The van der Waals surface area contributed by atoms with Gasteiger partial charge in [0.2, 0.25) is 0 Å². The zero-order chi connectivity index (χ0) is 13.4. The van der Waals surface area contributed by atoms with Gasteiger partial charge in [0.1, 0.15) is 0 Å². The lowest BCUT2D eigenvalue weighted by atomic mass is 10.2. The van der Waals surface area contributed by atoms with E-state index in [4.69, 9.17) is 23.2 Å². The van der Waals surface area contributed by atoms with Crippen molar-refractivity contribution in [2.75, 3.05) is 0 Å². The maximum atomic E-state index is 12.4. The number of halogens is 2. The maximum Gasteiger partial charge on any atom is 0.262 e. The number of hydrogen-bond acceptors (Lipinski definition) is 1. The Hall–Kier alpha value is -1.77. The second-order valence-electron chi connectivity index (χ2n) is 4.18. The lowest BCUT2D eigenvalue weighted by Crippen LogP contribution is -2.10. The summed E-state index contributed by atoms with van der Waals surface area (Å²) in [7, 11) is 0. The van der Waals surface area contributed by atoms with Gasteiger partial charge >= 0.3 is 0 Å². The van der Waals surface area contributed by atoms with E-state index in [-0.39, 0.29) is 5.91 Å². The number of fused-ring (bicyclic) bond motifs is 1. The van der Waals surface area contributed by atoms with Gasteiger partial charge in [-0.2, -0.15) is 0 Å². The molecule has 19 heavy (non-hydrogen) atoms. The van der Waals surface area contributed by atoms with Crippen molar-refractivity contribution >= 4 is 40.0 Å². The highest BCUT2D eigenvalue weighted by atomic mass is 35.5. The van der Waals surface area contributed by atoms with Crippen molar-refractivity contribution in [2.45, 2.75) is 0 Å². The second kappa shape index (κ2) is 4.72. The van der Waals surface area contributed by atoms with Gasteiger partial charge in [-0.05, 0) is 30.3 Å². The van der Waals surface area contributed by atoms with Gasteiger partial charge in [-0.15, -0.1) is 0 Å². The average molecular weight is 290 g/mol. The molecule has 3 rings (SSSR count). The van der Waals surface area contributed by atoms with E-state index in [9.17, 15) is 4.79 Å². The van der Waals surface area contributed by atoms with Crippen LogP contribution in [0.25, 0.3) is 10.9 Å². The van der Waals surface area contributed by atoms with Crippen LogP contribution in [-0.2, 0) is 0 Å². The summed E-state index contributed by atoms with van der Waals surface area (Å²) >= 11 is 12.0. The molecule has 0 aliphatic heterocycles. The highest BCUT2D eigenvalue weighted by Crippen LogP contribution is 2.28. The Morgan fingerprint density at radius 2 is 1.63 bits per heavy atom. The summed E-state index contributed by atoms with van der Waals surface area (Å²) in [5.41, 5.74) is 1.38. The van der Waals surface area contributed by atoms with Crippen LogP contribution in [0.2, 0.25) is 10.0 Å². The third kappa shape index (κ3) is 2.14. The molecule has 0 aliphatic carbocycles. The Morgan fingerprint density at radius 1 is 0.947 bits per heavy atom. The number of hydrogen-bond donors (Lipinski definition) is 0. The molecule has 4 heteroatoms. The van der Waals surface area contributed by atoms with E-state index in [1.807, 2.05) is 24.3 Å². The number of benzene rings is 2. The third-order valence-corrected chi connectivity index (χ3v) is 3.69. The van der Waals surface area contributed by atoms with Crippen molar-refractivity contribution in [3.05, 3.63) is 70.3 Å². The van der Waals surface area contributed by atoms with Crippen LogP contribution in [0.1, 0.15) is 10.4 Å². The molecule has 0 atom stereocenters. The summed E-state index contributed by atoms with van der Waals surface area (Å²) in [5.74, 6) is -0.0889. The van der Waals surface area contributed by atoms with E-state index in [0.29, 0.717) is 15.6 Å². The fourth-order valence-electron chi connectivity index (χ4n) is 2.03. The summed E-state index contributed by atoms with van der Waals surface area (Å²) in [6.07, 6.45) is 1.73. The molecule has 1 aromatic heterocycles. The topological polar surface area (TPSA) is 22.0 Å². The molecule has 0 aliphatic rings. The van der Waals surface area contributed by atoms with Gasteiger partial charge in [0.15, 0.2) is 0 Å². The van der Waals surface area contributed by atoms with Gasteiger partial charge in [0, 0.05) is 17.1 Å². The summed E-state index contributed by atoms with van der Waals surface area (Å²) in [4.78, 5) is 12.4. The van der Waals surface area contributed by atoms with Crippen molar-refractivity contribution in [3.8, 4) is 0 Å². The Morgan fingerprint density at radius 3 is 2.37 bits per heavy atom. The minimum Gasteiger partial charge on any atom is -0.283 e. The van der Waals surface area contributed by atoms with Crippen LogP contribution in [0, 0.1) is 0 Å². The molecular formula is C15H9Cl2NO. The van der Waals surface area contributed by atoms with Gasteiger partial charge < -0.3 is 0 Å². The number of rotatable bonds is 1. The van der Waals surface area contributed by atoms with Crippen molar-refractivity contribution in [1.29, 1.82) is 0 Å². The SMILES string of the molecule is O=C(c1ccccc1)n1ccc2cc(Cl)c(Cl)cc21. The first-order valence-corrected chi connectivity index (χ1v) is 6.48. The highest BCUT2D eigenvalue weighted by molar-refractivity contribution is 6.42. The standard InChI is InChI=1S/C15H9Cl2NO/c16-12-8-11-6-7-18(14(11)9-13(12)17)15(19)10-4-2-1-3-5-10/h1-9H. The van der Waals surface area contributed by atoms with Gasteiger partial charge in [0.25, 0.3) is 5.91 Å². The molecular weight excluding hydrogens is 281 g/mol. The molecule has 2 aromatic carbocycles. The van der Waals surface area contributed by atoms with E-state index in [1.54, 1.807) is 35.0 Å². The number of nitrogens with zero attached hydrogens (tertiary/aromatic N) is 1. The normalized spacial score (nSPS) is 10.8. The van der Waals surface area contributed by atoms with Crippen LogP contribution in [0.3, 0.4) is 0 Å². The number of carbonyl (C=O) groups excluding carboxylic acids is 1. The first-order chi connectivity index (χ1) is 9.16. The van der Waals surface area contributed by atoms with Gasteiger partial charge in [-0.3, -0.25) is 9.36 Å². The summed E-state index contributed by atoms with van der Waals surface area (Å²) in [6, 6.07) is 14.4. The number of carbonyl (C=O) groups is 1. The Balaban J connectivity index is 2.16. The smallest absolute Gasteiger partial charge is 0.262 e. The molecule has 94 valence electrons. The van der Waals surface area contributed by atoms with E-state index in [2.05, 4.69) is 0 Å². The zero-order valence-corrected chi connectivity index (χ0v) is 11.3. The molecule has 3 aromatic rings. The fourth-order valence-corrected chi connectivity index (χ4v) is 2.36. The molecule has 2 nitrogen and oxygen atoms in total. The van der Waals surface area contributed by atoms with Crippen LogP contribution >= 0.6 is 23.2 Å². The zero-order valence-electron chi connectivity index (χ0n) is 9.81. The predicted molar refractivity (Wildman–Crippen MR) is 78.1 cm³/mol. The van der Waals surface area contributed by atoms with Crippen molar-refractivity contribution in [1.82, 2.24) is 4.57 Å². The first kappa shape index (κ1) is 12.3. The quantitative estimate of drug-likeness (QED) is 0.640. The third-order valence-electron chi connectivity index (χ3n) is 2.97. The van der Waals surface area contributed by atoms with Crippen LogP contribution in [0.4, 0.5) is 0 Å². The van der Waals surface area contributed by atoms with Crippen molar-refractivity contribution in [3.63, 3.8) is 0 Å².